The van der Waals surface area contributed by atoms with Crippen molar-refractivity contribution in [3.8, 4) is 5.69 Å². The first-order chi connectivity index (χ1) is 11.5. The summed E-state index contributed by atoms with van der Waals surface area (Å²) in [4.78, 5) is 4.41. The van der Waals surface area contributed by atoms with Crippen molar-refractivity contribution in [2.45, 2.75) is 52.6 Å². The second-order valence-corrected chi connectivity index (χ2v) is 6.70. The van der Waals surface area contributed by atoms with E-state index in [1.807, 2.05) is 47.4 Å². The molecule has 0 saturated heterocycles. The third-order valence-electron chi connectivity index (χ3n) is 3.90. The topological polar surface area (TPSA) is 68.2 Å². The highest BCUT2D eigenvalue weighted by Gasteiger charge is 2.04. The molecule has 0 spiro atoms. The van der Waals surface area contributed by atoms with Crippen molar-refractivity contribution < 1.29 is 0 Å². The zero-order chi connectivity index (χ0) is 17.4. The fourth-order valence-electron chi connectivity index (χ4n) is 2.54. The summed E-state index contributed by atoms with van der Waals surface area (Å²) in [5.74, 6) is 1.25. The van der Waals surface area contributed by atoms with E-state index in [2.05, 4.69) is 36.2 Å². The van der Waals surface area contributed by atoms with Crippen molar-refractivity contribution in [3.05, 3.63) is 48.3 Å². The lowest BCUT2D eigenvalue weighted by molar-refractivity contribution is 0.493. The number of rotatable bonds is 8. The molecule has 2 aromatic rings. The van der Waals surface area contributed by atoms with Crippen LogP contribution in [0, 0.1) is 5.92 Å². The van der Waals surface area contributed by atoms with Gasteiger partial charge in [0, 0.05) is 17.8 Å². The second-order valence-electron chi connectivity index (χ2n) is 6.70. The van der Waals surface area contributed by atoms with Gasteiger partial charge >= 0.3 is 0 Å². The van der Waals surface area contributed by atoms with Gasteiger partial charge in [-0.1, -0.05) is 44.9 Å². The predicted molar refractivity (Wildman–Crippen MR) is 116 cm³/mol. The molecule has 0 bridgehead atoms. The first kappa shape index (κ1) is 21.5. The van der Waals surface area contributed by atoms with E-state index in [1.54, 1.807) is 0 Å². The van der Waals surface area contributed by atoms with Crippen LogP contribution in [-0.4, -0.2) is 21.8 Å². The number of aliphatic imine (C=N–C) groups is 1. The van der Waals surface area contributed by atoms with Gasteiger partial charge in [0.15, 0.2) is 5.96 Å². The Kier molecular flexibility index (Phi) is 9.55. The Hall–Kier alpha value is -1.57. The van der Waals surface area contributed by atoms with Crippen LogP contribution < -0.4 is 11.1 Å². The largest absolute Gasteiger partial charge is 0.370 e. The molecule has 1 unspecified atom stereocenters. The van der Waals surface area contributed by atoms with E-state index in [9.17, 15) is 0 Å². The molecule has 25 heavy (non-hydrogen) atoms. The van der Waals surface area contributed by atoms with Crippen molar-refractivity contribution in [1.82, 2.24) is 15.1 Å². The van der Waals surface area contributed by atoms with Gasteiger partial charge in [0.2, 0.25) is 0 Å². The highest BCUT2D eigenvalue weighted by atomic mass is 127. The normalized spacial score (nSPS) is 12.7. The number of hydrogen-bond donors (Lipinski definition) is 2. The highest BCUT2D eigenvalue weighted by molar-refractivity contribution is 14.0. The Morgan fingerprint density at radius 1 is 1.20 bits per heavy atom. The summed E-state index contributed by atoms with van der Waals surface area (Å²) in [5, 5.41) is 7.63. The smallest absolute Gasteiger partial charge is 0.189 e. The molecular weight excluding hydrogens is 425 g/mol. The molecule has 1 atom stereocenters. The summed E-state index contributed by atoms with van der Waals surface area (Å²) >= 11 is 0. The maximum atomic E-state index is 5.98. The minimum atomic E-state index is 0. The van der Waals surface area contributed by atoms with Crippen LogP contribution in [-0.2, 0) is 6.54 Å². The zero-order valence-electron chi connectivity index (χ0n) is 15.4. The van der Waals surface area contributed by atoms with Gasteiger partial charge in [0.05, 0.1) is 18.4 Å². The third kappa shape index (κ3) is 7.90. The number of aromatic nitrogens is 2. The zero-order valence-corrected chi connectivity index (χ0v) is 17.7. The first-order valence-electron chi connectivity index (χ1n) is 8.70. The van der Waals surface area contributed by atoms with Crippen LogP contribution >= 0.6 is 24.0 Å². The van der Waals surface area contributed by atoms with Crippen molar-refractivity contribution >= 4 is 29.9 Å². The fraction of sp³-hybridized carbons (Fsp3) is 0.474. The molecular formula is C19H30IN5. The number of guanidine groups is 1. The van der Waals surface area contributed by atoms with E-state index in [0.717, 1.165) is 23.6 Å². The van der Waals surface area contributed by atoms with E-state index in [1.165, 1.54) is 12.8 Å². The molecule has 0 radical (unpaired) electrons. The minimum absolute atomic E-state index is 0. The molecule has 0 amide bonds. The molecule has 0 fully saturated rings. The molecule has 138 valence electrons. The molecule has 3 N–H and O–H groups in total. The predicted octanol–water partition coefficient (Wildman–Crippen LogP) is 4.11. The number of nitrogens with one attached hydrogen (secondary N) is 1. The summed E-state index contributed by atoms with van der Waals surface area (Å²) in [7, 11) is 0. The van der Waals surface area contributed by atoms with Crippen LogP contribution in [0.3, 0.4) is 0 Å². The van der Waals surface area contributed by atoms with Crippen LogP contribution in [0.1, 0.15) is 45.6 Å². The number of halogens is 1. The van der Waals surface area contributed by atoms with E-state index in [-0.39, 0.29) is 24.0 Å². The molecule has 1 aromatic carbocycles. The molecule has 0 aliphatic rings. The van der Waals surface area contributed by atoms with Crippen molar-refractivity contribution in [3.63, 3.8) is 0 Å². The summed E-state index contributed by atoms with van der Waals surface area (Å²) < 4.78 is 1.85. The number of para-hydroxylation sites is 1. The Bertz CT molecular complexity index is 636. The van der Waals surface area contributed by atoms with E-state index in [0.29, 0.717) is 18.5 Å². The summed E-state index contributed by atoms with van der Waals surface area (Å²) in [6, 6.07) is 10.4. The summed E-state index contributed by atoms with van der Waals surface area (Å²) in [6.45, 7) is 7.19. The lowest BCUT2D eigenvalue weighted by Crippen LogP contribution is -2.38. The maximum absolute atomic E-state index is 5.98. The van der Waals surface area contributed by atoms with Gasteiger partial charge in [-0.15, -0.1) is 24.0 Å². The average Bonchev–Trinajstić information content (AvgIpc) is 3.02. The molecule has 6 heteroatoms. The quantitative estimate of drug-likeness (QED) is 0.358. The van der Waals surface area contributed by atoms with Gasteiger partial charge in [-0.3, -0.25) is 0 Å². The summed E-state index contributed by atoms with van der Waals surface area (Å²) in [6.07, 6.45) is 7.39. The van der Waals surface area contributed by atoms with Gasteiger partial charge in [-0.05, 0) is 31.4 Å². The Morgan fingerprint density at radius 2 is 1.92 bits per heavy atom. The SMILES string of the molecule is CC(C)CCCC(C)NC(N)=NCc1cnn(-c2ccccc2)c1.I. The van der Waals surface area contributed by atoms with Crippen molar-refractivity contribution in [2.24, 2.45) is 16.6 Å². The van der Waals surface area contributed by atoms with E-state index >= 15 is 0 Å². The number of benzene rings is 1. The third-order valence-corrected chi connectivity index (χ3v) is 3.90. The Morgan fingerprint density at radius 3 is 2.60 bits per heavy atom. The molecule has 2 rings (SSSR count). The monoisotopic (exact) mass is 455 g/mol. The van der Waals surface area contributed by atoms with Gasteiger partial charge in [-0.25, -0.2) is 9.67 Å². The summed E-state index contributed by atoms with van der Waals surface area (Å²) in [5.41, 5.74) is 8.06. The van der Waals surface area contributed by atoms with Crippen LogP contribution in [0.2, 0.25) is 0 Å². The standard InChI is InChI=1S/C19H29N5.HI/c1-15(2)8-7-9-16(3)23-19(20)21-12-17-13-22-24(14-17)18-10-5-4-6-11-18;/h4-6,10-11,13-16H,7-9,12H2,1-3H3,(H3,20,21,23);1H. The molecule has 5 nitrogen and oxygen atoms in total. The highest BCUT2D eigenvalue weighted by Crippen LogP contribution is 2.09. The van der Waals surface area contributed by atoms with E-state index < -0.39 is 0 Å². The van der Waals surface area contributed by atoms with Crippen molar-refractivity contribution in [1.29, 1.82) is 0 Å². The molecule has 1 aromatic heterocycles. The number of hydrogen-bond acceptors (Lipinski definition) is 2. The maximum Gasteiger partial charge on any atom is 0.189 e. The lowest BCUT2D eigenvalue weighted by Gasteiger charge is -2.14. The molecule has 0 aliphatic carbocycles. The van der Waals surface area contributed by atoms with Gasteiger partial charge in [0.1, 0.15) is 0 Å². The van der Waals surface area contributed by atoms with Crippen LogP contribution in [0.5, 0.6) is 0 Å². The van der Waals surface area contributed by atoms with Gasteiger partial charge in [0.25, 0.3) is 0 Å². The fourth-order valence-corrected chi connectivity index (χ4v) is 2.54. The lowest BCUT2D eigenvalue weighted by atomic mass is 10.0. The number of nitrogens with zero attached hydrogens (tertiary/aromatic N) is 3. The second kappa shape index (κ2) is 11.1. The van der Waals surface area contributed by atoms with E-state index in [4.69, 9.17) is 5.73 Å². The van der Waals surface area contributed by atoms with Crippen LogP contribution in [0.25, 0.3) is 5.69 Å². The minimum Gasteiger partial charge on any atom is -0.370 e. The van der Waals surface area contributed by atoms with Gasteiger partial charge in [-0.2, -0.15) is 5.10 Å². The van der Waals surface area contributed by atoms with Crippen molar-refractivity contribution in [2.75, 3.05) is 0 Å². The average molecular weight is 455 g/mol. The molecule has 1 heterocycles. The van der Waals surface area contributed by atoms with Crippen LogP contribution in [0.15, 0.2) is 47.7 Å². The number of nitrogens with two attached hydrogens (primary N) is 1. The Labute approximate surface area is 168 Å². The Balaban J connectivity index is 0.00000312. The molecule has 0 saturated carbocycles. The first-order valence-corrected chi connectivity index (χ1v) is 8.70. The molecule has 0 aliphatic heterocycles. The van der Waals surface area contributed by atoms with Gasteiger partial charge < -0.3 is 11.1 Å². The van der Waals surface area contributed by atoms with Crippen LogP contribution in [0.4, 0.5) is 0 Å².